The molecule has 2 rings (SSSR count). The summed E-state index contributed by atoms with van der Waals surface area (Å²) in [5.74, 6) is 0.228. The molecule has 7 heteroatoms. The zero-order valence-corrected chi connectivity index (χ0v) is 12.7. The van der Waals surface area contributed by atoms with Gasteiger partial charge in [0, 0.05) is 26.2 Å². The van der Waals surface area contributed by atoms with Gasteiger partial charge in [0.25, 0.3) is 5.91 Å². The van der Waals surface area contributed by atoms with Gasteiger partial charge in [-0.1, -0.05) is 24.8 Å². The Morgan fingerprint density at radius 2 is 1.87 bits per heavy atom. The van der Waals surface area contributed by atoms with E-state index in [1.165, 1.54) is 4.90 Å². The second-order valence-electron chi connectivity index (χ2n) is 5.28. The molecule has 0 saturated carbocycles. The fraction of sp³-hybridized carbons (Fsp3) is 0.438. The van der Waals surface area contributed by atoms with E-state index in [0.717, 1.165) is 0 Å². The third kappa shape index (κ3) is 4.99. The maximum Gasteiger partial charge on any atom is 0.401 e. The van der Waals surface area contributed by atoms with Crippen LogP contribution in [0.5, 0.6) is 5.75 Å². The normalized spacial score (nSPS) is 16.2. The molecule has 23 heavy (non-hydrogen) atoms. The number of carbonyl (C=O) groups excluding carboxylic acids is 1. The fourth-order valence-corrected chi connectivity index (χ4v) is 2.45. The van der Waals surface area contributed by atoms with Gasteiger partial charge in [-0.2, -0.15) is 13.2 Å². The standard InChI is InChI=1S/C16H19F3N2O2/c1-2-11-23-14-6-4-3-5-13(14)15(22)21-9-7-20(8-10-21)12-16(17,18)19/h2-6H,1,7-12H2. The van der Waals surface area contributed by atoms with Crippen LogP contribution < -0.4 is 4.74 Å². The van der Waals surface area contributed by atoms with Gasteiger partial charge in [-0.3, -0.25) is 9.69 Å². The molecule has 0 unspecified atom stereocenters. The van der Waals surface area contributed by atoms with E-state index >= 15 is 0 Å². The topological polar surface area (TPSA) is 32.8 Å². The van der Waals surface area contributed by atoms with Crippen molar-refractivity contribution in [2.75, 3.05) is 39.3 Å². The quantitative estimate of drug-likeness (QED) is 0.779. The lowest BCUT2D eigenvalue weighted by Gasteiger charge is -2.35. The number of amides is 1. The molecule has 0 atom stereocenters. The molecule has 1 aliphatic rings. The number of benzene rings is 1. The highest BCUT2D eigenvalue weighted by Crippen LogP contribution is 2.22. The van der Waals surface area contributed by atoms with Crippen LogP contribution >= 0.6 is 0 Å². The minimum atomic E-state index is -4.21. The Morgan fingerprint density at radius 3 is 2.48 bits per heavy atom. The van der Waals surface area contributed by atoms with Crippen molar-refractivity contribution in [1.82, 2.24) is 9.80 Å². The van der Waals surface area contributed by atoms with Gasteiger partial charge in [0.15, 0.2) is 0 Å². The van der Waals surface area contributed by atoms with E-state index in [9.17, 15) is 18.0 Å². The van der Waals surface area contributed by atoms with E-state index in [0.29, 0.717) is 11.3 Å². The Morgan fingerprint density at radius 1 is 1.22 bits per heavy atom. The Kier molecular flexibility index (Phi) is 5.65. The Bertz CT molecular complexity index is 553. The molecule has 0 aromatic heterocycles. The molecule has 4 nitrogen and oxygen atoms in total. The molecular weight excluding hydrogens is 309 g/mol. The molecule has 1 fully saturated rings. The first-order chi connectivity index (χ1) is 10.9. The zero-order chi connectivity index (χ0) is 16.9. The minimum Gasteiger partial charge on any atom is -0.489 e. The number of piperazine rings is 1. The van der Waals surface area contributed by atoms with E-state index < -0.39 is 12.7 Å². The maximum atomic E-state index is 12.6. The van der Waals surface area contributed by atoms with Crippen LogP contribution in [0.2, 0.25) is 0 Å². The summed E-state index contributed by atoms with van der Waals surface area (Å²) in [4.78, 5) is 15.4. The van der Waals surface area contributed by atoms with Crippen LogP contribution in [-0.4, -0.2) is 61.2 Å². The molecule has 126 valence electrons. The highest BCUT2D eigenvalue weighted by atomic mass is 19.4. The first-order valence-corrected chi connectivity index (χ1v) is 7.32. The van der Waals surface area contributed by atoms with Crippen LogP contribution in [0.4, 0.5) is 13.2 Å². The number of rotatable bonds is 5. The molecule has 1 aromatic carbocycles. The van der Waals surface area contributed by atoms with Crippen molar-refractivity contribution in [3.63, 3.8) is 0 Å². The van der Waals surface area contributed by atoms with E-state index in [2.05, 4.69) is 6.58 Å². The number of nitrogens with zero attached hydrogens (tertiary/aromatic N) is 2. The molecule has 0 N–H and O–H groups in total. The first kappa shape index (κ1) is 17.3. The molecule has 0 spiro atoms. The van der Waals surface area contributed by atoms with Gasteiger partial charge >= 0.3 is 6.18 Å². The van der Waals surface area contributed by atoms with Crippen LogP contribution in [0.3, 0.4) is 0 Å². The Hall–Kier alpha value is -2.02. The molecule has 1 aliphatic heterocycles. The Balaban J connectivity index is 1.99. The number of carbonyl (C=O) groups is 1. The summed E-state index contributed by atoms with van der Waals surface area (Å²) >= 11 is 0. The number of hydrogen-bond acceptors (Lipinski definition) is 3. The van der Waals surface area contributed by atoms with Crippen LogP contribution in [0.25, 0.3) is 0 Å². The largest absolute Gasteiger partial charge is 0.489 e. The molecule has 1 heterocycles. The lowest BCUT2D eigenvalue weighted by molar-refractivity contribution is -0.148. The molecule has 0 aliphatic carbocycles. The predicted octanol–water partition coefficient (Wildman–Crippen LogP) is 2.57. The van der Waals surface area contributed by atoms with Gasteiger partial charge in [-0.05, 0) is 12.1 Å². The van der Waals surface area contributed by atoms with Crippen LogP contribution in [0, 0.1) is 0 Å². The highest BCUT2D eigenvalue weighted by molar-refractivity contribution is 5.97. The maximum absolute atomic E-state index is 12.6. The molecule has 0 radical (unpaired) electrons. The second kappa shape index (κ2) is 7.50. The van der Waals surface area contributed by atoms with E-state index in [4.69, 9.17) is 4.74 Å². The fourth-order valence-electron chi connectivity index (χ4n) is 2.45. The van der Waals surface area contributed by atoms with Gasteiger partial charge < -0.3 is 9.64 Å². The summed E-state index contributed by atoms with van der Waals surface area (Å²) in [5.41, 5.74) is 0.415. The van der Waals surface area contributed by atoms with Crippen molar-refractivity contribution >= 4 is 5.91 Å². The van der Waals surface area contributed by atoms with E-state index in [-0.39, 0.29) is 38.7 Å². The summed E-state index contributed by atoms with van der Waals surface area (Å²) < 4.78 is 42.6. The molecule has 1 saturated heterocycles. The predicted molar refractivity (Wildman–Crippen MR) is 80.5 cm³/mol. The van der Waals surface area contributed by atoms with E-state index in [1.807, 2.05) is 0 Å². The third-order valence-electron chi connectivity index (χ3n) is 3.54. The average Bonchev–Trinajstić information content (AvgIpc) is 2.52. The van der Waals surface area contributed by atoms with E-state index in [1.54, 1.807) is 35.2 Å². The second-order valence-corrected chi connectivity index (χ2v) is 5.28. The third-order valence-corrected chi connectivity index (χ3v) is 3.54. The molecule has 1 aromatic rings. The minimum absolute atomic E-state index is 0.209. The van der Waals surface area contributed by atoms with Crippen molar-refractivity contribution in [3.05, 3.63) is 42.5 Å². The van der Waals surface area contributed by atoms with Crippen molar-refractivity contribution < 1.29 is 22.7 Å². The molecular formula is C16H19F3N2O2. The van der Waals surface area contributed by atoms with Gasteiger partial charge in [-0.25, -0.2) is 0 Å². The summed E-state index contributed by atoms with van der Waals surface area (Å²) in [6, 6.07) is 6.84. The lowest BCUT2D eigenvalue weighted by atomic mass is 10.1. The summed E-state index contributed by atoms with van der Waals surface area (Å²) in [7, 11) is 0. The van der Waals surface area contributed by atoms with Crippen molar-refractivity contribution in [2.24, 2.45) is 0 Å². The smallest absolute Gasteiger partial charge is 0.401 e. The van der Waals surface area contributed by atoms with Gasteiger partial charge in [-0.15, -0.1) is 0 Å². The van der Waals surface area contributed by atoms with Gasteiger partial charge in [0.05, 0.1) is 12.1 Å². The van der Waals surface area contributed by atoms with Crippen LogP contribution in [-0.2, 0) is 0 Å². The van der Waals surface area contributed by atoms with Crippen molar-refractivity contribution in [3.8, 4) is 5.75 Å². The zero-order valence-electron chi connectivity index (χ0n) is 12.7. The lowest BCUT2D eigenvalue weighted by Crippen LogP contribution is -2.50. The van der Waals surface area contributed by atoms with Crippen LogP contribution in [0.1, 0.15) is 10.4 Å². The Labute approximate surface area is 133 Å². The molecule has 0 bridgehead atoms. The van der Waals surface area contributed by atoms with Gasteiger partial charge in [0.2, 0.25) is 0 Å². The number of para-hydroxylation sites is 1. The van der Waals surface area contributed by atoms with Gasteiger partial charge in [0.1, 0.15) is 12.4 Å². The van der Waals surface area contributed by atoms with Crippen LogP contribution in [0.15, 0.2) is 36.9 Å². The van der Waals surface area contributed by atoms with Crippen molar-refractivity contribution in [2.45, 2.75) is 6.18 Å². The van der Waals surface area contributed by atoms with Crippen molar-refractivity contribution in [1.29, 1.82) is 0 Å². The molecule has 1 amide bonds. The SMILES string of the molecule is C=CCOc1ccccc1C(=O)N1CCN(CC(F)(F)F)CC1. The highest BCUT2D eigenvalue weighted by Gasteiger charge is 2.33. The number of hydrogen-bond donors (Lipinski definition) is 0. The first-order valence-electron chi connectivity index (χ1n) is 7.32. The number of alkyl halides is 3. The summed E-state index contributed by atoms with van der Waals surface area (Å²) in [6.45, 7) is 3.86. The number of ether oxygens (including phenoxy) is 1. The monoisotopic (exact) mass is 328 g/mol. The summed E-state index contributed by atoms with van der Waals surface area (Å²) in [6.07, 6.45) is -2.63. The number of halogens is 3. The summed E-state index contributed by atoms with van der Waals surface area (Å²) in [5, 5.41) is 0. The average molecular weight is 328 g/mol.